The lowest BCUT2D eigenvalue weighted by Gasteiger charge is -2.21. The Bertz CT molecular complexity index is 379. The van der Waals surface area contributed by atoms with Crippen molar-refractivity contribution in [2.45, 2.75) is 19.9 Å². The van der Waals surface area contributed by atoms with Gasteiger partial charge >= 0.3 is 0 Å². The van der Waals surface area contributed by atoms with Gasteiger partial charge in [0.15, 0.2) is 6.54 Å². The summed E-state index contributed by atoms with van der Waals surface area (Å²) in [4.78, 5) is 12.0. The number of carbonyl (C=O) groups excluding carboxylic acids is 1. The fraction of sp³-hybridized carbons (Fsp3) is 0.462. The largest absolute Gasteiger partial charge is 0.488 e. The van der Waals surface area contributed by atoms with E-state index in [0.29, 0.717) is 31.5 Å². The third kappa shape index (κ3) is 5.14. The van der Waals surface area contributed by atoms with Crippen molar-refractivity contribution in [3.63, 3.8) is 0 Å². The third-order valence-corrected chi connectivity index (χ3v) is 2.72. The number of rotatable bonds is 7. The van der Waals surface area contributed by atoms with Gasteiger partial charge in [0.25, 0.3) is 5.91 Å². The zero-order chi connectivity index (χ0) is 13.5. The highest BCUT2D eigenvalue weighted by molar-refractivity contribution is 5.74. The normalized spacial score (nSPS) is 12.4. The van der Waals surface area contributed by atoms with Gasteiger partial charge in [-0.05, 0) is 38.1 Å². The molecule has 1 amide bonds. The summed E-state index contributed by atoms with van der Waals surface area (Å²) >= 11 is 0. The van der Waals surface area contributed by atoms with Crippen LogP contribution in [0.25, 0.3) is 0 Å². The summed E-state index contributed by atoms with van der Waals surface area (Å²) in [6, 6.07) is 6.17. The second-order valence-corrected chi connectivity index (χ2v) is 4.51. The van der Waals surface area contributed by atoms with E-state index in [2.05, 4.69) is 0 Å². The van der Waals surface area contributed by atoms with E-state index >= 15 is 0 Å². The second-order valence-electron chi connectivity index (χ2n) is 4.51. The fourth-order valence-electron chi connectivity index (χ4n) is 1.64. The zero-order valence-electron chi connectivity index (χ0n) is 10.8. The van der Waals surface area contributed by atoms with Crippen LogP contribution in [0.1, 0.15) is 13.8 Å². The van der Waals surface area contributed by atoms with Crippen molar-refractivity contribution in [2.24, 2.45) is 5.73 Å². The van der Waals surface area contributed by atoms with Crippen molar-refractivity contribution in [3.05, 3.63) is 30.1 Å². The number of hydrogen-bond donors (Lipinski definition) is 2. The summed E-state index contributed by atoms with van der Waals surface area (Å²) in [5.74, 6) is 0.0181. The van der Waals surface area contributed by atoms with E-state index in [0.717, 1.165) is 4.90 Å². The molecular weight excluding hydrogens is 235 g/mol. The molecule has 1 aromatic rings. The lowest BCUT2D eigenvalue weighted by atomic mass is 10.3. The van der Waals surface area contributed by atoms with E-state index in [4.69, 9.17) is 10.5 Å². The quantitative estimate of drug-likeness (QED) is 0.719. The summed E-state index contributed by atoms with van der Waals surface area (Å²) in [6.07, 6.45) is 0. The Hall–Kier alpha value is -1.62. The number of amides is 1. The second kappa shape index (κ2) is 6.96. The summed E-state index contributed by atoms with van der Waals surface area (Å²) in [5.41, 5.74) is 5.19. The first kappa shape index (κ1) is 14.4. The molecule has 0 aliphatic heterocycles. The van der Waals surface area contributed by atoms with Crippen LogP contribution in [0.4, 0.5) is 4.39 Å². The molecule has 0 radical (unpaired) electrons. The molecule has 0 bridgehead atoms. The molecule has 0 spiro atoms. The molecule has 0 aliphatic carbocycles. The average molecular weight is 255 g/mol. The molecule has 18 heavy (non-hydrogen) atoms. The standard InChI is InChI=1S/C13H19FN2O2/c1-10(2)16(9-13(15)17)7-8-18-12-5-3-11(14)4-6-12/h3-6,10H,7-9H2,1-2H3,(H2,15,17)/p+1. The third-order valence-electron chi connectivity index (χ3n) is 2.72. The first-order valence-corrected chi connectivity index (χ1v) is 6.00. The molecule has 0 aromatic heterocycles. The van der Waals surface area contributed by atoms with Gasteiger partial charge in [-0.15, -0.1) is 0 Å². The van der Waals surface area contributed by atoms with Crippen molar-refractivity contribution >= 4 is 5.91 Å². The number of benzene rings is 1. The number of hydrogen-bond acceptors (Lipinski definition) is 2. The first-order chi connectivity index (χ1) is 8.49. The maximum atomic E-state index is 12.7. The Balaban J connectivity index is 2.38. The van der Waals surface area contributed by atoms with Crippen LogP contribution in [0.15, 0.2) is 24.3 Å². The summed E-state index contributed by atoms with van der Waals surface area (Å²) in [7, 11) is 0. The van der Waals surface area contributed by atoms with Crippen LogP contribution in [0.3, 0.4) is 0 Å². The van der Waals surface area contributed by atoms with Gasteiger partial charge in [0, 0.05) is 0 Å². The van der Waals surface area contributed by atoms with Gasteiger partial charge in [0.05, 0.1) is 6.04 Å². The molecule has 0 aliphatic rings. The van der Waals surface area contributed by atoms with E-state index in [1.807, 2.05) is 13.8 Å². The van der Waals surface area contributed by atoms with Gasteiger partial charge in [0.1, 0.15) is 24.7 Å². The molecule has 1 rings (SSSR count). The summed E-state index contributed by atoms with van der Waals surface area (Å²) < 4.78 is 18.2. The Kier molecular flexibility index (Phi) is 5.58. The van der Waals surface area contributed by atoms with Crippen LogP contribution < -0.4 is 15.4 Å². The number of quaternary nitrogens is 1. The lowest BCUT2D eigenvalue weighted by Crippen LogP contribution is -3.16. The Morgan fingerprint density at radius 1 is 1.39 bits per heavy atom. The number of carbonyl (C=O) groups is 1. The molecule has 100 valence electrons. The lowest BCUT2D eigenvalue weighted by molar-refractivity contribution is -0.913. The van der Waals surface area contributed by atoms with Crippen molar-refractivity contribution in [1.82, 2.24) is 0 Å². The van der Waals surface area contributed by atoms with Gasteiger partial charge in [-0.1, -0.05) is 0 Å². The molecule has 0 heterocycles. The summed E-state index contributed by atoms with van der Waals surface area (Å²) in [6.45, 7) is 5.49. The highest BCUT2D eigenvalue weighted by Crippen LogP contribution is 2.10. The highest BCUT2D eigenvalue weighted by Gasteiger charge is 2.15. The number of ether oxygens (including phenoxy) is 1. The van der Waals surface area contributed by atoms with E-state index < -0.39 is 0 Å². The van der Waals surface area contributed by atoms with Gasteiger partial charge in [-0.3, -0.25) is 4.79 Å². The molecule has 5 heteroatoms. The minimum atomic E-state index is -0.319. The van der Waals surface area contributed by atoms with Crippen LogP contribution in [-0.4, -0.2) is 31.6 Å². The SMILES string of the molecule is CC(C)[NH+](CCOc1ccc(F)cc1)CC(N)=O. The van der Waals surface area contributed by atoms with Crippen LogP contribution in [-0.2, 0) is 4.79 Å². The molecule has 0 fully saturated rings. The first-order valence-electron chi connectivity index (χ1n) is 6.00. The summed E-state index contributed by atoms with van der Waals surface area (Å²) in [5, 5.41) is 0. The monoisotopic (exact) mass is 255 g/mol. The van der Waals surface area contributed by atoms with E-state index in [-0.39, 0.29) is 11.7 Å². The van der Waals surface area contributed by atoms with E-state index in [9.17, 15) is 9.18 Å². The Morgan fingerprint density at radius 2 is 2.00 bits per heavy atom. The maximum absolute atomic E-state index is 12.7. The van der Waals surface area contributed by atoms with Crippen molar-refractivity contribution < 1.29 is 18.8 Å². The van der Waals surface area contributed by atoms with Crippen molar-refractivity contribution in [1.29, 1.82) is 0 Å². The minimum Gasteiger partial charge on any atom is -0.488 e. The van der Waals surface area contributed by atoms with Crippen LogP contribution in [0.5, 0.6) is 5.75 Å². The molecular formula is C13H20FN2O2+. The van der Waals surface area contributed by atoms with E-state index in [1.165, 1.54) is 12.1 Å². The number of halogens is 1. The molecule has 4 nitrogen and oxygen atoms in total. The Morgan fingerprint density at radius 3 is 2.50 bits per heavy atom. The topological polar surface area (TPSA) is 56.8 Å². The molecule has 0 saturated heterocycles. The van der Waals surface area contributed by atoms with E-state index in [1.54, 1.807) is 12.1 Å². The number of primary amides is 1. The van der Waals surface area contributed by atoms with Gasteiger partial charge in [0.2, 0.25) is 0 Å². The molecule has 1 unspecified atom stereocenters. The Labute approximate surface area is 107 Å². The number of nitrogens with one attached hydrogen (secondary N) is 1. The molecule has 1 atom stereocenters. The van der Waals surface area contributed by atoms with Crippen LogP contribution in [0, 0.1) is 5.82 Å². The fourth-order valence-corrected chi connectivity index (χ4v) is 1.64. The van der Waals surface area contributed by atoms with Crippen molar-refractivity contribution in [3.8, 4) is 5.75 Å². The predicted molar refractivity (Wildman–Crippen MR) is 66.9 cm³/mol. The number of nitrogens with two attached hydrogens (primary N) is 1. The molecule has 3 N–H and O–H groups in total. The van der Waals surface area contributed by atoms with Gasteiger partial charge < -0.3 is 15.4 Å². The average Bonchev–Trinajstić information content (AvgIpc) is 2.29. The predicted octanol–water partition coefficient (Wildman–Crippen LogP) is -0.0169. The highest BCUT2D eigenvalue weighted by atomic mass is 19.1. The van der Waals surface area contributed by atoms with Crippen LogP contribution >= 0.6 is 0 Å². The molecule has 0 saturated carbocycles. The minimum absolute atomic E-state index is 0.287. The zero-order valence-corrected chi connectivity index (χ0v) is 10.8. The van der Waals surface area contributed by atoms with Crippen LogP contribution in [0.2, 0.25) is 0 Å². The smallest absolute Gasteiger partial charge is 0.272 e. The maximum Gasteiger partial charge on any atom is 0.272 e. The van der Waals surface area contributed by atoms with Gasteiger partial charge in [-0.25, -0.2) is 4.39 Å². The van der Waals surface area contributed by atoms with Crippen molar-refractivity contribution in [2.75, 3.05) is 19.7 Å². The van der Waals surface area contributed by atoms with Gasteiger partial charge in [-0.2, -0.15) is 0 Å². The molecule has 1 aromatic carbocycles.